The zero-order chi connectivity index (χ0) is 9.10. The van der Waals surface area contributed by atoms with Crippen LogP contribution in [0.25, 0.3) is 0 Å². The second-order valence-corrected chi connectivity index (χ2v) is 4.33. The monoisotopic (exact) mass is 197 g/mol. The molecule has 1 heterocycles. The highest BCUT2D eigenvalue weighted by molar-refractivity contribution is 7.09. The van der Waals surface area contributed by atoms with Crippen LogP contribution in [0.3, 0.4) is 0 Å². The minimum Gasteiger partial charge on any atom is -0.381 e. The zero-order valence-electron chi connectivity index (χ0n) is 7.95. The number of hydrogen-bond acceptors (Lipinski definition) is 3. The molecule has 0 spiro atoms. The number of hydrogen-bond donors (Lipinski definition) is 0. The van der Waals surface area contributed by atoms with Gasteiger partial charge in [0.15, 0.2) is 0 Å². The topological polar surface area (TPSA) is 22.1 Å². The molecule has 13 heavy (non-hydrogen) atoms. The summed E-state index contributed by atoms with van der Waals surface area (Å²) in [5, 5.41) is 3.44. The van der Waals surface area contributed by atoms with Gasteiger partial charge in [0.1, 0.15) is 0 Å². The van der Waals surface area contributed by atoms with Gasteiger partial charge in [-0.3, -0.25) is 0 Å². The van der Waals surface area contributed by atoms with Crippen LogP contribution < -0.4 is 0 Å². The lowest BCUT2D eigenvalue weighted by molar-refractivity contribution is 0.151. The second-order valence-electron chi connectivity index (χ2n) is 3.39. The van der Waals surface area contributed by atoms with Gasteiger partial charge in [-0.1, -0.05) is 0 Å². The van der Waals surface area contributed by atoms with Crippen molar-refractivity contribution in [3.8, 4) is 0 Å². The molecule has 1 aliphatic rings. The molecule has 0 saturated heterocycles. The van der Waals surface area contributed by atoms with Gasteiger partial charge in [0, 0.05) is 24.3 Å². The molecule has 0 bridgehead atoms. The highest BCUT2D eigenvalue weighted by atomic mass is 32.1. The van der Waals surface area contributed by atoms with Crippen molar-refractivity contribution in [3.05, 3.63) is 16.1 Å². The first-order valence-corrected chi connectivity index (χ1v) is 5.80. The molecular weight excluding hydrogens is 182 g/mol. The normalized spacial score (nSPS) is 16.4. The molecule has 0 unspecified atom stereocenters. The SMILES string of the molecule is CCOCCc1nc(C2CC2)cs1. The lowest BCUT2D eigenvalue weighted by Gasteiger charge is -1.96. The Morgan fingerprint density at radius 1 is 1.62 bits per heavy atom. The van der Waals surface area contributed by atoms with Crippen molar-refractivity contribution in [2.45, 2.75) is 32.1 Å². The van der Waals surface area contributed by atoms with Gasteiger partial charge in [0.2, 0.25) is 0 Å². The van der Waals surface area contributed by atoms with Gasteiger partial charge in [-0.2, -0.15) is 0 Å². The first-order chi connectivity index (χ1) is 6.40. The summed E-state index contributed by atoms with van der Waals surface area (Å²) in [6.45, 7) is 3.65. The minimum absolute atomic E-state index is 0.789. The van der Waals surface area contributed by atoms with Crippen molar-refractivity contribution < 1.29 is 4.74 Å². The number of aromatic nitrogens is 1. The highest BCUT2D eigenvalue weighted by Crippen LogP contribution is 2.40. The van der Waals surface area contributed by atoms with E-state index in [9.17, 15) is 0 Å². The molecule has 0 amide bonds. The third-order valence-corrected chi connectivity index (χ3v) is 3.16. The molecule has 1 fully saturated rings. The van der Waals surface area contributed by atoms with Gasteiger partial charge < -0.3 is 4.74 Å². The standard InChI is InChI=1S/C10H15NOS/c1-2-12-6-5-10-11-9(7-13-10)8-3-4-8/h7-8H,2-6H2,1H3. The Bertz CT molecular complexity index is 268. The maximum absolute atomic E-state index is 5.29. The molecule has 2 nitrogen and oxygen atoms in total. The van der Waals surface area contributed by atoms with Gasteiger partial charge in [-0.05, 0) is 19.8 Å². The van der Waals surface area contributed by atoms with Crippen molar-refractivity contribution in [2.24, 2.45) is 0 Å². The third-order valence-electron chi connectivity index (χ3n) is 2.23. The Morgan fingerprint density at radius 2 is 2.46 bits per heavy atom. The molecule has 1 aromatic rings. The highest BCUT2D eigenvalue weighted by Gasteiger charge is 2.25. The van der Waals surface area contributed by atoms with Crippen LogP contribution in [-0.2, 0) is 11.2 Å². The maximum atomic E-state index is 5.29. The van der Waals surface area contributed by atoms with Crippen LogP contribution in [0.15, 0.2) is 5.38 Å². The van der Waals surface area contributed by atoms with E-state index < -0.39 is 0 Å². The smallest absolute Gasteiger partial charge is 0.0951 e. The van der Waals surface area contributed by atoms with Gasteiger partial charge in [-0.25, -0.2) is 4.98 Å². The minimum atomic E-state index is 0.789. The van der Waals surface area contributed by atoms with Crippen LogP contribution in [0.2, 0.25) is 0 Å². The molecule has 0 aliphatic heterocycles. The first kappa shape index (κ1) is 9.16. The van der Waals surface area contributed by atoms with Crippen molar-refractivity contribution in [1.82, 2.24) is 4.98 Å². The van der Waals surface area contributed by atoms with Gasteiger partial charge in [-0.15, -0.1) is 11.3 Å². The molecule has 2 rings (SSSR count). The zero-order valence-corrected chi connectivity index (χ0v) is 8.77. The van der Waals surface area contributed by atoms with Crippen LogP contribution in [0, 0.1) is 0 Å². The summed E-state index contributed by atoms with van der Waals surface area (Å²) < 4.78 is 5.29. The molecule has 72 valence electrons. The van der Waals surface area contributed by atoms with Gasteiger partial charge >= 0.3 is 0 Å². The molecule has 0 aromatic carbocycles. The van der Waals surface area contributed by atoms with E-state index in [1.807, 2.05) is 6.92 Å². The summed E-state index contributed by atoms with van der Waals surface area (Å²) in [6.07, 6.45) is 3.66. The predicted octanol–water partition coefficient (Wildman–Crippen LogP) is 2.60. The van der Waals surface area contributed by atoms with Crippen molar-refractivity contribution >= 4 is 11.3 Å². The van der Waals surface area contributed by atoms with E-state index >= 15 is 0 Å². The van der Waals surface area contributed by atoms with E-state index in [1.165, 1.54) is 23.5 Å². The summed E-state index contributed by atoms with van der Waals surface area (Å²) in [4.78, 5) is 4.58. The Morgan fingerprint density at radius 3 is 3.15 bits per heavy atom. The van der Waals surface area contributed by atoms with E-state index in [2.05, 4.69) is 10.4 Å². The van der Waals surface area contributed by atoms with Gasteiger partial charge in [0.05, 0.1) is 17.3 Å². The number of nitrogens with zero attached hydrogens (tertiary/aromatic N) is 1. The summed E-state index contributed by atoms with van der Waals surface area (Å²) in [6, 6.07) is 0. The first-order valence-electron chi connectivity index (χ1n) is 4.92. The van der Waals surface area contributed by atoms with E-state index in [1.54, 1.807) is 11.3 Å². The lowest BCUT2D eigenvalue weighted by atomic mass is 10.3. The summed E-state index contributed by atoms with van der Waals surface area (Å²) in [7, 11) is 0. The van der Waals surface area contributed by atoms with Crippen molar-refractivity contribution in [3.63, 3.8) is 0 Å². The molecule has 1 saturated carbocycles. The van der Waals surface area contributed by atoms with E-state index in [4.69, 9.17) is 4.74 Å². The number of rotatable bonds is 5. The van der Waals surface area contributed by atoms with Crippen molar-refractivity contribution in [1.29, 1.82) is 0 Å². The summed E-state index contributed by atoms with van der Waals surface area (Å²) in [5.74, 6) is 0.789. The fourth-order valence-corrected chi connectivity index (χ4v) is 2.17. The Hall–Kier alpha value is -0.410. The van der Waals surface area contributed by atoms with E-state index in [0.29, 0.717) is 0 Å². The average molecular weight is 197 g/mol. The summed E-state index contributed by atoms with van der Waals surface area (Å²) >= 11 is 1.78. The van der Waals surface area contributed by atoms with Crippen LogP contribution in [0.5, 0.6) is 0 Å². The lowest BCUT2D eigenvalue weighted by Crippen LogP contribution is -1.97. The average Bonchev–Trinajstić information content (AvgIpc) is 2.88. The Balaban J connectivity index is 1.82. The fourth-order valence-electron chi connectivity index (χ4n) is 1.31. The molecular formula is C10H15NOS. The van der Waals surface area contributed by atoms with Gasteiger partial charge in [0.25, 0.3) is 0 Å². The van der Waals surface area contributed by atoms with Crippen LogP contribution in [0.1, 0.15) is 36.4 Å². The number of ether oxygens (including phenoxy) is 1. The Kier molecular flexibility index (Phi) is 2.96. The molecule has 0 N–H and O–H groups in total. The third kappa shape index (κ3) is 2.51. The Labute approximate surface area is 83.0 Å². The van der Waals surface area contributed by atoms with Crippen LogP contribution in [-0.4, -0.2) is 18.2 Å². The molecule has 3 heteroatoms. The summed E-state index contributed by atoms with van der Waals surface area (Å²) in [5.41, 5.74) is 1.32. The largest absolute Gasteiger partial charge is 0.381 e. The second kappa shape index (κ2) is 4.20. The molecule has 1 aromatic heterocycles. The maximum Gasteiger partial charge on any atom is 0.0951 e. The quantitative estimate of drug-likeness (QED) is 0.677. The van der Waals surface area contributed by atoms with E-state index in [0.717, 1.165) is 25.6 Å². The predicted molar refractivity (Wildman–Crippen MR) is 54.3 cm³/mol. The fraction of sp³-hybridized carbons (Fsp3) is 0.700. The molecule has 1 aliphatic carbocycles. The van der Waals surface area contributed by atoms with Crippen LogP contribution in [0.4, 0.5) is 0 Å². The van der Waals surface area contributed by atoms with Crippen LogP contribution >= 0.6 is 11.3 Å². The molecule has 0 atom stereocenters. The van der Waals surface area contributed by atoms with E-state index in [-0.39, 0.29) is 0 Å². The van der Waals surface area contributed by atoms with Crippen molar-refractivity contribution in [2.75, 3.05) is 13.2 Å². The molecule has 0 radical (unpaired) electrons. The number of thiazole rings is 1.